The van der Waals surface area contributed by atoms with Crippen LogP contribution in [0.1, 0.15) is 22.9 Å². The molecule has 0 unspecified atom stereocenters. The lowest BCUT2D eigenvalue weighted by Gasteiger charge is -2.37. The molecule has 1 amide bonds. The smallest absolute Gasteiger partial charge is 0.251 e. The number of carbonyl (C=O) groups excluding carboxylic acids is 1. The van der Waals surface area contributed by atoms with Crippen LogP contribution in [-0.4, -0.2) is 46.0 Å². The first-order valence-corrected chi connectivity index (χ1v) is 9.34. The van der Waals surface area contributed by atoms with E-state index in [-0.39, 0.29) is 18.0 Å². The summed E-state index contributed by atoms with van der Waals surface area (Å²) in [4.78, 5) is 20.1. The lowest BCUT2D eigenvalue weighted by molar-refractivity contribution is -0.127. The van der Waals surface area contributed by atoms with E-state index in [0.29, 0.717) is 11.5 Å². The fraction of sp³-hybridized carbons (Fsp3) is 0.238. The van der Waals surface area contributed by atoms with Crippen LogP contribution in [0.3, 0.4) is 0 Å². The summed E-state index contributed by atoms with van der Waals surface area (Å²) in [7, 11) is 3.42. The van der Waals surface area contributed by atoms with Gasteiger partial charge in [0.15, 0.2) is 5.11 Å². The Morgan fingerprint density at radius 2 is 2.00 bits per heavy atom. The number of nitrogens with zero attached hydrogens (tertiary/aromatic N) is 2. The van der Waals surface area contributed by atoms with Crippen LogP contribution in [0.4, 0.5) is 0 Å². The third kappa shape index (κ3) is 2.23. The molecule has 1 N–H and O–H groups in total. The molecular formula is C21H19N3O2S. The van der Waals surface area contributed by atoms with Gasteiger partial charge in [-0.1, -0.05) is 30.3 Å². The maximum absolute atomic E-state index is 12.9. The van der Waals surface area contributed by atoms with Crippen molar-refractivity contribution >= 4 is 34.1 Å². The summed E-state index contributed by atoms with van der Waals surface area (Å²) >= 11 is 5.65. The summed E-state index contributed by atoms with van der Waals surface area (Å²) in [6, 6.07) is 15.8. The van der Waals surface area contributed by atoms with Crippen molar-refractivity contribution in [3.63, 3.8) is 0 Å². The Morgan fingerprint density at radius 1 is 1.19 bits per heavy atom. The van der Waals surface area contributed by atoms with Crippen LogP contribution in [0.5, 0.6) is 5.75 Å². The van der Waals surface area contributed by atoms with Crippen LogP contribution in [0.15, 0.2) is 48.5 Å². The molecule has 5 rings (SSSR count). The lowest BCUT2D eigenvalue weighted by Crippen LogP contribution is -2.44. The quantitative estimate of drug-likeness (QED) is 0.697. The number of methoxy groups -OCH3 is 1. The van der Waals surface area contributed by atoms with Gasteiger partial charge in [-0.15, -0.1) is 0 Å². The zero-order valence-corrected chi connectivity index (χ0v) is 15.9. The van der Waals surface area contributed by atoms with E-state index in [1.807, 2.05) is 30.3 Å². The number of para-hydroxylation sites is 1. The molecule has 0 radical (unpaired) electrons. The van der Waals surface area contributed by atoms with Gasteiger partial charge in [0.2, 0.25) is 0 Å². The van der Waals surface area contributed by atoms with Gasteiger partial charge < -0.3 is 14.6 Å². The molecule has 6 heteroatoms. The van der Waals surface area contributed by atoms with Crippen molar-refractivity contribution in [3.8, 4) is 5.75 Å². The number of thiocarbonyl (C=S) groups is 1. The maximum atomic E-state index is 12.9. The van der Waals surface area contributed by atoms with Crippen molar-refractivity contribution in [3.05, 3.63) is 65.4 Å². The van der Waals surface area contributed by atoms with Gasteiger partial charge >= 0.3 is 0 Å². The van der Waals surface area contributed by atoms with E-state index >= 15 is 0 Å². The largest absolute Gasteiger partial charge is 0.497 e. The zero-order chi connectivity index (χ0) is 18.7. The number of hydrogen-bond donors (Lipinski definition) is 1. The molecule has 136 valence electrons. The fourth-order valence-corrected chi connectivity index (χ4v) is 4.69. The number of likely N-dealkylation sites (N-methyl/N-ethyl adjacent to an activating group) is 1. The van der Waals surface area contributed by atoms with Crippen molar-refractivity contribution in [2.75, 3.05) is 14.2 Å². The van der Waals surface area contributed by atoms with Crippen LogP contribution < -0.4 is 4.74 Å². The van der Waals surface area contributed by atoms with E-state index in [0.717, 1.165) is 22.5 Å². The number of hydrogen-bond acceptors (Lipinski definition) is 3. The number of benzene rings is 2. The molecule has 2 aliphatic heterocycles. The molecule has 1 aromatic heterocycles. The number of aromatic amines is 1. The number of rotatable bonds is 2. The first-order valence-electron chi connectivity index (χ1n) is 8.93. The highest BCUT2D eigenvalue weighted by Gasteiger charge is 2.49. The summed E-state index contributed by atoms with van der Waals surface area (Å²) in [5, 5.41) is 1.75. The highest BCUT2D eigenvalue weighted by atomic mass is 32.1. The monoisotopic (exact) mass is 377 g/mol. The minimum absolute atomic E-state index is 0.0591. The molecule has 0 spiro atoms. The van der Waals surface area contributed by atoms with E-state index < -0.39 is 0 Å². The number of H-pyrrole nitrogens is 1. The summed E-state index contributed by atoms with van der Waals surface area (Å²) in [5.41, 5.74) is 4.44. The zero-order valence-electron chi connectivity index (χ0n) is 15.1. The first kappa shape index (κ1) is 16.3. The summed E-state index contributed by atoms with van der Waals surface area (Å²) in [6.45, 7) is 0. The SMILES string of the molecule is COc1cccc([C@H]2c3[nH]c4ccccc4c3C[C@H]3C(=O)N(C)C(=S)N23)c1. The molecule has 1 fully saturated rings. The number of aromatic nitrogens is 1. The molecule has 0 aliphatic carbocycles. The molecule has 5 nitrogen and oxygen atoms in total. The molecule has 0 saturated carbocycles. The maximum Gasteiger partial charge on any atom is 0.251 e. The normalized spacial score (nSPS) is 21.6. The number of nitrogens with one attached hydrogen (secondary N) is 1. The molecular weight excluding hydrogens is 358 g/mol. The van der Waals surface area contributed by atoms with Crippen molar-refractivity contribution in [2.24, 2.45) is 0 Å². The minimum atomic E-state index is -0.273. The third-order valence-electron chi connectivity index (χ3n) is 5.66. The Bertz CT molecular complexity index is 1090. The molecule has 0 bridgehead atoms. The Balaban J connectivity index is 1.77. The first-order chi connectivity index (χ1) is 13.1. The number of amides is 1. The van der Waals surface area contributed by atoms with Crippen LogP contribution >= 0.6 is 12.2 Å². The summed E-state index contributed by atoms with van der Waals surface area (Å²) in [5.74, 6) is 0.848. The van der Waals surface area contributed by atoms with Gasteiger partial charge in [0, 0.05) is 30.1 Å². The second-order valence-corrected chi connectivity index (χ2v) is 7.41. The van der Waals surface area contributed by atoms with Crippen LogP contribution in [0.25, 0.3) is 10.9 Å². The van der Waals surface area contributed by atoms with Crippen molar-refractivity contribution in [2.45, 2.75) is 18.5 Å². The molecule has 3 heterocycles. The van der Waals surface area contributed by atoms with Gasteiger partial charge in [-0.05, 0) is 41.5 Å². The van der Waals surface area contributed by atoms with E-state index in [4.69, 9.17) is 17.0 Å². The van der Waals surface area contributed by atoms with Crippen molar-refractivity contribution in [1.29, 1.82) is 0 Å². The number of ether oxygens (including phenoxy) is 1. The molecule has 1 saturated heterocycles. The Kier molecular flexibility index (Phi) is 3.52. The van der Waals surface area contributed by atoms with Crippen LogP contribution in [0.2, 0.25) is 0 Å². The molecule has 2 aromatic carbocycles. The van der Waals surface area contributed by atoms with E-state index in [2.05, 4.69) is 28.1 Å². The Hall–Kier alpha value is -2.86. The average molecular weight is 377 g/mol. The number of fused-ring (bicyclic) bond motifs is 4. The van der Waals surface area contributed by atoms with Gasteiger partial charge in [0.05, 0.1) is 13.2 Å². The van der Waals surface area contributed by atoms with E-state index in [1.54, 1.807) is 19.1 Å². The second kappa shape index (κ2) is 5.82. The Labute approximate surface area is 162 Å². The average Bonchev–Trinajstić information content (AvgIpc) is 3.18. The summed E-state index contributed by atoms with van der Waals surface area (Å²) < 4.78 is 5.43. The second-order valence-electron chi connectivity index (χ2n) is 7.05. The van der Waals surface area contributed by atoms with Crippen LogP contribution in [0, 0.1) is 0 Å². The highest BCUT2D eigenvalue weighted by molar-refractivity contribution is 7.80. The third-order valence-corrected chi connectivity index (χ3v) is 6.15. The van der Waals surface area contributed by atoms with Gasteiger partial charge in [-0.3, -0.25) is 9.69 Å². The topological polar surface area (TPSA) is 48.6 Å². The minimum Gasteiger partial charge on any atom is -0.497 e. The molecule has 2 aliphatic rings. The van der Waals surface area contributed by atoms with Gasteiger partial charge in [-0.25, -0.2) is 0 Å². The molecule has 3 aromatic rings. The van der Waals surface area contributed by atoms with E-state index in [9.17, 15) is 4.79 Å². The molecule has 27 heavy (non-hydrogen) atoms. The van der Waals surface area contributed by atoms with Crippen molar-refractivity contribution in [1.82, 2.24) is 14.8 Å². The predicted molar refractivity (Wildman–Crippen MR) is 108 cm³/mol. The standard InChI is InChI=1S/C21H19N3O2S/c1-23-20(25)17-11-15-14-8-3-4-9-16(14)22-18(15)19(24(17)21(23)27)12-6-5-7-13(10-12)26-2/h3-10,17,19,22H,11H2,1-2H3/t17-,19-/m0/s1. The van der Waals surface area contributed by atoms with Gasteiger partial charge in [-0.2, -0.15) is 0 Å². The number of carbonyl (C=O) groups is 1. The highest BCUT2D eigenvalue weighted by Crippen LogP contribution is 2.44. The summed E-state index contributed by atoms with van der Waals surface area (Å²) in [6.07, 6.45) is 0.656. The fourth-order valence-electron chi connectivity index (χ4n) is 4.36. The van der Waals surface area contributed by atoms with Crippen LogP contribution in [-0.2, 0) is 11.2 Å². The Morgan fingerprint density at radius 3 is 2.81 bits per heavy atom. The molecule has 2 atom stereocenters. The van der Waals surface area contributed by atoms with Crippen molar-refractivity contribution < 1.29 is 9.53 Å². The van der Waals surface area contributed by atoms with Gasteiger partial charge in [0.25, 0.3) is 5.91 Å². The van der Waals surface area contributed by atoms with E-state index in [1.165, 1.54) is 10.9 Å². The van der Waals surface area contributed by atoms with Gasteiger partial charge in [0.1, 0.15) is 11.8 Å². The lowest BCUT2D eigenvalue weighted by atomic mass is 9.89. The predicted octanol–water partition coefficient (Wildman–Crippen LogP) is 3.25.